The fourth-order valence-corrected chi connectivity index (χ4v) is 6.98. The van der Waals surface area contributed by atoms with Gasteiger partial charge in [0.25, 0.3) is 0 Å². The van der Waals surface area contributed by atoms with Crippen molar-refractivity contribution in [2.45, 2.75) is 64.6 Å². The Morgan fingerprint density at radius 2 is 1.87 bits per heavy atom. The summed E-state index contributed by atoms with van der Waals surface area (Å²) in [6.07, 6.45) is 5.54. The number of benzene rings is 1. The van der Waals surface area contributed by atoms with Gasteiger partial charge in [0.05, 0.1) is 22.5 Å². The maximum atomic E-state index is 16.2. The smallest absolute Gasteiger partial charge is 0.348 e. The first-order valence-corrected chi connectivity index (χ1v) is 17.3. The summed E-state index contributed by atoms with van der Waals surface area (Å²) in [7, 11) is 1.70. The Bertz CT molecular complexity index is 2250. The van der Waals surface area contributed by atoms with Crippen LogP contribution in [0.15, 0.2) is 60.2 Å². The Morgan fingerprint density at radius 1 is 1.10 bits per heavy atom. The molecule has 0 bridgehead atoms. The van der Waals surface area contributed by atoms with Crippen LogP contribution in [0.4, 0.5) is 14.6 Å². The first kappa shape index (κ1) is 36.3. The molecule has 1 unspecified atom stereocenters. The van der Waals surface area contributed by atoms with Crippen molar-refractivity contribution in [1.29, 1.82) is 0 Å². The number of aryl methyl sites for hydroxylation is 1. The largest absolute Gasteiger partial charge is 0.354 e. The molecular weight excluding hydrogens is 668 g/mol. The van der Waals surface area contributed by atoms with Crippen LogP contribution in [-0.2, 0) is 29.5 Å². The van der Waals surface area contributed by atoms with Crippen molar-refractivity contribution in [3.05, 3.63) is 94.3 Å². The lowest BCUT2D eigenvalue weighted by atomic mass is 10.0. The van der Waals surface area contributed by atoms with Gasteiger partial charge in [-0.3, -0.25) is 19.6 Å². The third kappa shape index (κ3) is 7.02. The first-order chi connectivity index (χ1) is 24.8. The number of hydrogen-bond acceptors (Lipinski definition) is 8. The van der Waals surface area contributed by atoms with E-state index < -0.39 is 23.4 Å². The van der Waals surface area contributed by atoms with Crippen LogP contribution in [0.2, 0.25) is 0 Å². The summed E-state index contributed by atoms with van der Waals surface area (Å²) in [5.41, 5.74) is 8.37. The Hall–Kier alpha value is -5.50. The van der Waals surface area contributed by atoms with E-state index in [4.69, 9.17) is 5.73 Å². The molecule has 1 fully saturated rings. The monoisotopic (exact) mass is 711 g/mol. The quantitative estimate of drug-likeness (QED) is 0.183. The van der Waals surface area contributed by atoms with Gasteiger partial charge in [0.2, 0.25) is 11.8 Å². The minimum atomic E-state index is -0.892. The number of carbonyl (C=O) groups is 2. The minimum absolute atomic E-state index is 0.0348. The predicted octanol–water partition coefficient (Wildman–Crippen LogP) is 4.11. The summed E-state index contributed by atoms with van der Waals surface area (Å²) in [6.45, 7) is 12.5. The highest BCUT2D eigenvalue weighted by molar-refractivity contribution is 5.98. The number of H-pyrrole nitrogens is 1. The van der Waals surface area contributed by atoms with Gasteiger partial charge in [-0.05, 0) is 80.1 Å². The standard InChI is InChI=1S/C38H43F2N9O3/c1-7-31(50)48-17-22(5)49(18-21(48)4)36-26-16-28(40)33(44-35(26)45-38(52)46-36)32-27(39)9-8-25-24(19-47(6)34(25)32)15-29(41)37(51)43-13-11-23-10-12-42-30(14-23)20(2)3/h7-10,12,14,16,19-22,29H,1,11,13,15,17-18,41H2,2-6H3,(H,43,51)(H,44,45,46,52)/t21-,22+,29?/m1/s1. The fraction of sp³-hybridized carbons (Fsp3) is 0.368. The van der Waals surface area contributed by atoms with E-state index in [-0.39, 0.29) is 58.4 Å². The lowest BCUT2D eigenvalue weighted by Gasteiger charge is -2.44. The van der Waals surface area contributed by atoms with Gasteiger partial charge >= 0.3 is 5.69 Å². The van der Waals surface area contributed by atoms with Crippen molar-refractivity contribution in [1.82, 2.24) is 34.7 Å². The predicted molar refractivity (Wildman–Crippen MR) is 197 cm³/mol. The Morgan fingerprint density at radius 3 is 2.60 bits per heavy atom. The molecule has 0 saturated carbocycles. The average Bonchev–Trinajstić information content (AvgIpc) is 3.42. The molecule has 4 aromatic heterocycles. The van der Waals surface area contributed by atoms with Crippen molar-refractivity contribution in [2.24, 2.45) is 12.8 Å². The maximum absolute atomic E-state index is 16.2. The van der Waals surface area contributed by atoms with Crippen molar-refractivity contribution in [2.75, 3.05) is 24.5 Å². The van der Waals surface area contributed by atoms with E-state index in [1.54, 1.807) is 35.0 Å². The lowest BCUT2D eigenvalue weighted by molar-refractivity contribution is -0.128. The summed E-state index contributed by atoms with van der Waals surface area (Å²) in [6, 6.07) is 6.56. The number of carbonyl (C=O) groups excluding carboxylic acids is 2. The number of aromatic nitrogens is 5. The van der Waals surface area contributed by atoms with Gasteiger partial charge in [0, 0.05) is 62.2 Å². The number of hydrogen-bond donors (Lipinski definition) is 3. The Balaban J connectivity index is 1.28. The van der Waals surface area contributed by atoms with E-state index in [1.165, 1.54) is 18.2 Å². The zero-order chi connectivity index (χ0) is 37.4. The molecular formula is C38H43F2N9O3. The van der Waals surface area contributed by atoms with Crippen LogP contribution in [0.5, 0.6) is 0 Å². The second-order valence-corrected chi connectivity index (χ2v) is 13.8. The van der Waals surface area contributed by atoms with E-state index in [2.05, 4.69) is 45.7 Å². The van der Waals surface area contributed by atoms with Crippen molar-refractivity contribution >= 4 is 39.6 Å². The molecule has 0 spiro atoms. The van der Waals surface area contributed by atoms with Crippen LogP contribution in [-0.4, -0.2) is 79.0 Å². The van der Waals surface area contributed by atoms with Crippen molar-refractivity contribution in [3.63, 3.8) is 0 Å². The van der Waals surface area contributed by atoms with E-state index in [9.17, 15) is 14.4 Å². The first-order valence-electron chi connectivity index (χ1n) is 17.3. The topological polar surface area (TPSA) is 155 Å². The maximum Gasteiger partial charge on any atom is 0.348 e. The minimum Gasteiger partial charge on any atom is -0.354 e. The normalized spacial score (nSPS) is 16.9. The van der Waals surface area contributed by atoms with E-state index >= 15 is 8.78 Å². The zero-order valence-corrected chi connectivity index (χ0v) is 29.9. The number of rotatable bonds is 10. The summed E-state index contributed by atoms with van der Waals surface area (Å²) in [5, 5.41) is 3.73. The Labute approximate surface area is 299 Å². The van der Waals surface area contributed by atoms with Gasteiger partial charge in [0.1, 0.15) is 23.0 Å². The number of pyridine rings is 2. The molecule has 5 aromatic rings. The van der Waals surface area contributed by atoms with Crippen LogP contribution in [0.25, 0.3) is 33.2 Å². The molecule has 3 atom stereocenters. The summed E-state index contributed by atoms with van der Waals surface area (Å²) >= 11 is 0. The summed E-state index contributed by atoms with van der Waals surface area (Å²) in [4.78, 5) is 57.4. The van der Waals surface area contributed by atoms with E-state index in [1.807, 2.05) is 30.9 Å². The van der Waals surface area contributed by atoms with Crippen LogP contribution < -0.4 is 21.6 Å². The average molecular weight is 712 g/mol. The van der Waals surface area contributed by atoms with E-state index in [0.29, 0.717) is 48.4 Å². The zero-order valence-electron chi connectivity index (χ0n) is 29.9. The number of fused-ring (bicyclic) bond motifs is 2. The molecule has 6 rings (SSSR count). The molecule has 14 heteroatoms. The lowest BCUT2D eigenvalue weighted by Crippen LogP contribution is -2.58. The number of amides is 2. The number of piperazine rings is 1. The second-order valence-electron chi connectivity index (χ2n) is 13.8. The Kier molecular flexibility index (Phi) is 10.2. The molecule has 1 aliphatic heterocycles. The summed E-state index contributed by atoms with van der Waals surface area (Å²) < 4.78 is 33.6. The molecule has 2 amide bonds. The highest BCUT2D eigenvalue weighted by atomic mass is 19.1. The number of halogens is 2. The van der Waals surface area contributed by atoms with Crippen LogP contribution in [0.3, 0.4) is 0 Å². The number of nitrogens with one attached hydrogen (secondary N) is 2. The van der Waals surface area contributed by atoms with Gasteiger partial charge in [-0.15, -0.1) is 0 Å². The van der Waals surface area contributed by atoms with Crippen LogP contribution in [0.1, 0.15) is 50.4 Å². The highest BCUT2D eigenvalue weighted by Crippen LogP contribution is 2.37. The molecule has 1 saturated heterocycles. The SMILES string of the molecule is C=CC(=O)N1C[C@H](C)N(c2nc(=O)[nH]c3nc(-c4c(F)ccc5c(CC(N)C(=O)NCCc6ccnc(C(C)C)c6)cn(C)c45)c(F)cc23)C[C@H]1C. The van der Waals surface area contributed by atoms with E-state index in [0.717, 1.165) is 11.3 Å². The van der Waals surface area contributed by atoms with Gasteiger partial charge in [-0.1, -0.05) is 20.4 Å². The van der Waals surface area contributed by atoms with Gasteiger partial charge in [-0.2, -0.15) is 4.98 Å². The molecule has 1 aromatic carbocycles. The highest BCUT2D eigenvalue weighted by Gasteiger charge is 2.33. The molecule has 272 valence electrons. The van der Waals surface area contributed by atoms with Crippen LogP contribution >= 0.6 is 0 Å². The number of aromatic amines is 1. The molecule has 1 aliphatic rings. The molecule has 5 heterocycles. The second kappa shape index (κ2) is 14.6. The van der Waals surface area contributed by atoms with Crippen molar-refractivity contribution < 1.29 is 18.4 Å². The molecule has 12 nitrogen and oxygen atoms in total. The molecule has 4 N–H and O–H groups in total. The number of nitrogens with zero attached hydrogens (tertiary/aromatic N) is 6. The van der Waals surface area contributed by atoms with Gasteiger partial charge < -0.3 is 25.4 Å². The molecule has 0 radical (unpaired) electrons. The number of nitrogens with two attached hydrogens (primary N) is 1. The van der Waals surface area contributed by atoms with Gasteiger partial charge in [0.15, 0.2) is 5.82 Å². The van der Waals surface area contributed by atoms with Gasteiger partial charge in [-0.25, -0.2) is 18.6 Å². The number of anilines is 1. The van der Waals surface area contributed by atoms with Crippen LogP contribution in [0, 0.1) is 11.6 Å². The summed E-state index contributed by atoms with van der Waals surface area (Å²) in [5.74, 6) is -1.55. The third-order valence-electron chi connectivity index (χ3n) is 9.70. The van der Waals surface area contributed by atoms with Crippen molar-refractivity contribution in [3.8, 4) is 11.3 Å². The molecule has 52 heavy (non-hydrogen) atoms. The molecule has 0 aliphatic carbocycles. The third-order valence-corrected chi connectivity index (χ3v) is 9.70. The fourth-order valence-electron chi connectivity index (χ4n) is 6.98.